The summed E-state index contributed by atoms with van der Waals surface area (Å²) in [6.07, 6.45) is 0.276. The summed E-state index contributed by atoms with van der Waals surface area (Å²) in [4.78, 5) is 14.0. The maximum Gasteiger partial charge on any atom is 0.227 e. The minimum atomic E-state index is -0.0657. The van der Waals surface area contributed by atoms with Gasteiger partial charge in [0.2, 0.25) is 5.91 Å². The maximum atomic E-state index is 12.1. The van der Waals surface area contributed by atoms with Crippen LogP contribution in [-0.4, -0.2) is 45.8 Å². The SMILES string of the molecule is CN(C)c1ccc(Cl)cc1NC(=O)CC1CNCCO1. The normalized spacial score (nSPS) is 18.6. The van der Waals surface area contributed by atoms with Crippen molar-refractivity contribution < 1.29 is 9.53 Å². The van der Waals surface area contributed by atoms with Crippen LogP contribution in [0.4, 0.5) is 11.4 Å². The van der Waals surface area contributed by atoms with E-state index in [2.05, 4.69) is 10.6 Å². The third kappa shape index (κ3) is 4.10. The van der Waals surface area contributed by atoms with Crippen molar-refractivity contribution >= 4 is 28.9 Å². The van der Waals surface area contributed by atoms with Crippen LogP contribution in [0.5, 0.6) is 0 Å². The smallest absolute Gasteiger partial charge is 0.227 e. The van der Waals surface area contributed by atoms with Crippen molar-refractivity contribution in [2.45, 2.75) is 12.5 Å². The predicted molar refractivity (Wildman–Crippen MR) is 81.6 cm³/mol. The van der Waals surface area contributed by atoms with Crippen LogP contribution in [0.2, 0.25) is 5.02 Å². The van der Waals surface area contributed by atoms with Gasteiger partial charge in [-0.2, -0.15) is 0 Å². The largest absolute Gasteiger partial charge is 0.376 e. The average Bonchev–Trinajstić information content (AvgIpc) is 2.39. The number of morpholine rings is 1. The van der Waals surface area contributed by atoms with Gasteiger partial charge in [0.05, 0.1) is 30.5 Å². The van der Waals surface area contributed by atoms with Gasteiger partial charge in [-0.1, -0.05) is 11.6 Å². The van der Waals surface area contributed by atoms with E-state index in [1.807, 2.05) is 25.1 Å². The first-order chi connectivity index (χ1) is 9.56. The van der Waals surface area contributed by atoms with Crippen LogP contribution >= 0.6 is 11.6 Å². The van der Waals surface area contributed by atoms with E-state index in [4.69, 9.17) is 16.3 Å². The molecule has 1 aliphatic rings. The number of rotatable bonds is 4. The van der Waals surface area contributed by atoms with Crippen LogP contribution in [0.25, 0.3) is 0 Å². The maximum absolute atomic E-state index is 12.1. The van der Waals surface area contributed by atoms with Gasteiger partial charge in [0.1, 0.15) is 0 Å². The standard InChI is InChI=1S/C14H20ClN3O2/c1-18(2)13-4-3-10(15)7-12(13)17-14(19)8-11-9-16-5-6-20-11/h3-4,7,11,16H,5-6,8-9H2,1-2H3,(H,17,19). The van der Waals surface area contributed by atoms with E-state index >= 15 is 0 Å². The van der Waals surface area contributed by atoms with Crippen molar-refractivity contribution in [3.05, 3.63) is 23.2 Å². The van der Waals surface area contributed by atoms with Gasteiger partial charge in [-0.15, -0.1) is 0 Å². The molecule has 1 aromatic rings. The Hall–Kier alpha value is -1.30. The van der Waals surface area contributed by atoms with Gasteiger partial charge >= 0.3 is 0 Å². The molecule has 2 rings (SSSR count). The van der Waals surface area contributed by atoms with E-state index in [0.29, 0.717) is 24.6 Å². The summed E-state index contributed by atoms with van der Waals surface area (Å²) in [7, 11) is 3.85. The molecule has 1 unspecified atom stereocenters. The number of hydrogen-bond donors (Lipinski definition) is 2. The van der Waals surface area contributed by atoms with E-state index in [1.165, 1.54) is 0 Å². The molecule has 1 atom stereocenters. The van der Waals surface area contributed by atoms with Gasteiger partial charge in [0, 0.05) is 32.2 Å². The number of amides is 1. The van der Waals surface area contributed by atoms with Crippen LogP contribution in [-0.2, 0) is 9.53 Å². The fourth-order valence-corrected chi connectivity index (χ4v) is 2.33. The molecule has 1 fully saturated rings. The molecule has 1 saturated heterocycles. The Bertz CT molecular complexity index is 473. The quantitative estimate of drug-likeness (QED) is 0.888. The average molecular weight is 298 g/mol. The Balaban J connectivity index is 2.01. The van der Waals surface area contributed by atoms with E-state index < -0.39 is 0 Å². The zero-order valence-corrected chi connectivity index (χ0v) is 12.5. The lowest BCUT2D eigenvalue weighted by Gasteiger charge is -2.24. The Morgan fingerprint density at radius 1 is 1.55 bits per heavy atom. The van der Waals surface area contributed by atoms with Gasteiger partial charge in [0.15, 0.2) is 0 Å². The van der Waals surface area contributed by atoms with Crippen LogP contribution < -0.4 is 15.5 Å². The Kier molecular flexibility index (Phi) is 5.23. The topological polar surface area (TPSA) is 53.6 Å². The molecule has 0 aliphatic carbocycles. The van der Waals surface area contributed by atoms with E-state index in [0.717, 1.165) is 17.9 Å². The van der Waals surface area contributed by atoms with Gasteiger partial charge < -0.3 is 20.3 Å². The van der Waals surface area contributed by atoms with Crippen LogP contribution in [0.15, 0.2) is 18.2 Å². The highest BCUT2D eigenvalue weighted by Gasteiger charge is 2.18. The molecular weight excluding hydrogens is 278 g/mol. The molecule has 1 aliphatic heterocycles. The monoisotopic (exact) mass is 297 g/mol. The fraction of sp³-hybridized carbons (Fsp3) is 0.500. The molecule has 1 aromatic carbocycles. The zero-order valence-electron chi connectivity index (χ0n) is 11.8. The van der Waals surface area contributed by atoms with Crippen LogP contribution in [0, 0.1) is 0 Å². The number of ether oxygens (including phenoxy) is 1. The Labute approximate surface area is 124 Å². The van der Waals surface area contributed by atoms with E-state index in [1.54, 1.807) is 12.1 Å². The zero-order chi connectivity index (χ0) is 14.5. The molecule has 1 heterocycles. The number of hydrogen-bond acceptors (Lipinski definition) is 4. The summed E-state index contributed by atoms with van der Waals surface area (Å²) in [5, 5.41) is 6.71. The second-order valence-electron chi connectivity index (χ2n) is 5.01. The number of nitrogens with zero attached hydrogens (tertiary/aromatic N) is 1. The highest BCUT2D eigenvalue weighted by Crippen LogP contribution is 2.28. The second-order valence-corrected chi connectivity index (χ2v) is 5.44. The third-order valence-electron chi connectivity index (χ3n) is 3.13. The molecular formula is C14H20ClN3O2. The number of carbonyl (C=O) groups is 1. The number of anilines is 2. The Morgan fingerprint density at radius 2 is 2.35 bits per heavy atom. The lowest BCUT2D eigenvalue weighted by atomic mass is 10.2. The van der Waals surface area contributed by atoms with Crippen LogP contribution in [0.3, 0.4) is 0 Å². The van der Waals surface area contributed by atoms with Crippen molar-refractivity contribution in [3.63, 3.8) is 0 Å². The highest BCUT2D eigenvalue weighted by atomic mass is 35.5. The number of nitrogens with one attached hydrogen (secondary N) is 2. The number of carbonyl (C=O) groups excluding carboxylic acids is 1. The van der Waals surface area contributed by atoms with Gasteiger partial charge in [-0.05, 0) is 18.2 Å². The van der Waals surface area contributed by atoms with Crippen molar-refractivity contribution in [3.8, 4) is 0 Å². The van der Waals surface area contributed by atoms with Crippen molar-refractivity contribution in [1.29, 1.82) is 0 Å². The first-order valence-electron chi connectivity index (χ1n) is 6.65. The van der Waals surface area contributed by atoms with Crippen molar-refractivity contribution in [2.24, 2.45) is 0 Å². The third-order valence-corrected chi connectivity index (χ3v) is 3.37. The van der Waals surface area contributed by atoms with E-state index in [9.17, 15) is 4.79 Å². The molecule has 110 valence electrons. The lowest BCUT2D eigenvalue weighted by Crippen LogP contribution is -2.40. The summed E-state index contributed by atoms with van der Waals surface area (Å²) in [6.45, 7) is 2.21. The lowest BCUT2D eigenvalue weighted by molar-refractivity contribution is -0.119. The number of halogens is 1. The van der Waals surface area contributed by atoms with Gasteiger partial charge in [-0.3, -0.25) is 4.79 Å². The molecule has 0 bridgehead atoms. The molecule has 1 amide bonds. The van der Waals surface area contributed by atoms with Crippen molar-refractivity contribution in [2.75, 3.05) is 44.0 Å². The van der Waals surface area contributed by atoms with Crippen molar-refractivity contribution in [1.82, 2.24) is 5.32 Å². The minimum Gasteiger partial charge on any atom is -0.376 e. The molecule has 2 N–H and O–H groups in total. The summed E-state index contributed by atoms with van der Waals surface area (Å²) < 4.78 is 5.53. The van der Waals surface area contributed by atoms with E-state index in [-0.39, 0.29) is 12.0 Å². The molecule has 0 saturated carbocycles. The highest BCUT2D eigenvalue weighted by molar-refractivity contribution is 6.31. The fourth-order valence-electron chi connectivity index (χ4n) is 2.16. The molecule has 0 spiro atoms. The first-order valence-corrected chi connectivity index (χ1v) is 7.03. The minimum absolute atomic E-state index is 0.0641. The van der Waals surface area contributed by atoms with Gasteiger partial charge in [0.25, 0.3) is 0 Å². The predicted octanol–water partition coefficient (Wildman–Crippen LogP) is 1.72. The molecule has 0 radical (unpaired) electrons. The van der Waals surface area contributed by atoms with Crippen LogP contribution in [0.1, 0.15) is 6.42 Å². The molecule has 6 heteroatoms. The second kappa shape index (κ2) is 6.92. The summed E-state index contributed by atoms with van der Waals surface area (Å²) in [6, 6.07) is 5.45. The van der Waals surface area contributed by atoms with Gasteiger partial charge in [-0.25, -0.2) is 0 Å². The summed E-state index contributed by atoms with van der Waals surface area (Å²) in [5.41, 5.74) is 1.64. The Morgan fingerprint density at radius 3 is 3.00 bits per heavy atom. The molecule has 5 nitrogen and oxygen atoms in total. The summed E-state index contributed by atoms with van der Waals surface area (Å²) in [5.74, 6) is -0.0657. The summed E-state index contributed by atoms with van der Waals surface area (Å²) >= 11 is 5.99. The molecule has 0 aromatic heterocycles. The number of benzene rings is 1. The first kappa shape index (κ1) is 15.1. The molecule has 20 heavy (non-hydrogen) atoms.